The molecular formula is C13H20N2O4. The van der Waals surface area contributed by atoms with Crippen LogP contribution in [0.1, 0.15) is 35.4 Å². The standard InChI is InChI=1S/C13H20N2O4/c1-2-19-13(18)9-7-8(3-4-10(9)15)12(17)11(16)5-6-14/h3-4,7,11-12,16-17H,2,5-6,14-15H2,1H3. The van der Waals surface area contributed by atoms with Gasteiger partial charge in [-0.2, -0.15) is 0 Å². The maximum Gasteiger partial charge on any atom is 0.340 e. The molecule has 0 spiro atoms. The second kappa shape index (κ2) is 7.08. The number of nitrogen functional groups attached to an aromatic ring is 1. The lowest BCUT2D eigenvalue weighted by Crippen LogP contribution is -2.22. The Morgan fingerprint density at radius 2 is 2.11 bits per heavy atom. The molecule has 6 heteroatoms. The second-order valence-electron chi connectivity index (χ2n) is 4.16. The predicted molar refractivity (Wildman–Crippen MR) is 71.4 cm³/mol. The number of carbonyl (C=O) groups is 1. The van der Waals surface area contributed by atoms with E-state index in [0.29, 0.717) is 5.56 Å². The van der Waals surface area contributed by atoms with Gasteiger partial charge in [0.15, 0.2) is 0 Å². The van der Waals surface area contributed by atoms with Crippen LogP contribution in [0, 0.1) is 0 Å². The molecule has 1 aromatic carbocycles. The number of hydrogen-bond donors (Lipinski definition) is 4. The van der Waals surface area contributed by atoms with Crippen LogP contribution in [-0.2, 0) is 4.74 Å². The number of rotatable bonds is 6. The third kappa shape index (κ3) is 3.92. The Balaban J connectivity index is 2.98. The van der Waals surface area contributed by atoms with Crippen molar-refractivity contribution < 1.29 is 19.7 Å². The molecule has 0 amide bonds. The topological polar surface area (TPSA) is 119 Å². The van der Waals surface area contributed by atoms with Crippen LogP contribution in [0.2, 0.25) is 0 Å². The zero-order valence-electron chi connectivity index (χ0n) is 10.9. The van der Waals surface area contributed by atoms with Crippen molar-refractivity contribution in [3.63, 3.8) is 0 Å². The molecule has 0 aliphatic rings. The van der Waals surface area contributed by atoms with Crippen molar-refractivity contribution in [1.29, 1.82) is 0 Å². The van der Waals surface area contributed by atoms with Gasteiger partial charge in [-0.15, -0.1) is 0 Å². The number of hydrogen-bond acceptors (Lipinski definition) is 6. The lowest BCUT2D eigenvalue weighted by Gasteiger charge is -2.18. The monoisotopic (exact) mass is 268 g/mol. The molecular weight excluding hydrogens is 248 g/mol. The highest BCUT2D eigenvalue weighted by Crippen LogP contribution is 2.23. The first-order chi connectivity index (χ1) is 9.01. The molecule has 1 rings (SSSR count). The fourth-order valence-corrected chi connectivity index (χ4v) is 1.69. The summed E-state index contributed by atoms with van der Waals surface area (Å²) in [7, 11) is 0. The molecule has 0 aliphatic carbocycles. The van der Waals surface area contributed by atoms with Gasteiger partial charge in [-0.3, -0.25) is 0 Å². The van der Waals surface area contributed by atoms with E-state index in [0.717, 1.165) is 0 Å². The van der Waals surface area contributed by atoms with Gasteiger partial charge in [0.25, 0.3) is 0 Å². The van der Waals surface area contributed by atoms with E-state index < -0.39 is 18.2 Å². The van der Waals surface area contributed by atoms with E-state index in [-0.39, 0.29) is 30.8 Å². The Labute approximate surface area is 112 Å². The van der Waals surface area contributed by atoms with E-state index in [9.17, 15) is 15.0 Å². The van der Waals surface area contributed by atoms with E-state index in [1.54, 1.807) is 13.0 Å². The third-order valence-electron chi connectivity index (χ3n) is 2.74. The summed E-state index contributed by atoms with van der Waals surface area (Å²) in [5.74, 6) is -0.553. The lowest BCUT2D eigenvalue weighted by atomic mass is 9.99. The maximum atomic E-state index is 11.7. The molecule has 0 saturated heterocycles. The summed E-state index contributed by atoms with van der Waals surface area (Å²) >= 11 is 0. The van der Waals surface area contributed by atoms with Gasteiger partial charge < -0.3 is 26.4 Å². The van der Waals surface area contributed by atoms with Gasteiger partial charge in [-0.25, -0.2) is 4.79 Å². The van der Waals surface area contributed by atoms with Crippen LogP contribution in [0.25, 0.3) is 0 Å². The number of anilines is 1. The van der Waals surface area contributed by atoms with Gasteiger partial charge in [-0.05, 0) is 37.6 Å². The third-order valence-corrected chi connectivity index (χ3v) is 2.74. The van der Waals surface area contributed by atoms with Gasteiger partial charge in [0.1, 0.15) is 6.10 Å². The number of esters is 1. The number of nitrogens with two attached hydrogens (primary N) is 2. The van der Waals surface area contributed by atoms with Gasteiger partial charge in [0, 0.05) is 5.69 Å². The summed E-state index contributed by atoms with van der Waals surface area (Å²) in [5.41, 5.74) is 11.9. The van der Waals surface area contributed by atoms with E-state index in [4.69, 9.17) is 16.2 Å². The van der Waals surface area contributed by atoms with Crippen molar-refractivity contribution in [2.75, 3.05) is 18.9 Å². The van der Waals surface area contributed by atoms with Crippen molar-refractivity contribution in [2.45, 2.75) is 25.6 Å². The van der Waals surface area contributed by atoms with Gasteiger partial charge >= 0.3 is 5.97 Å². The number of aliphatic hydroxyl groups excluding tert-OH is 2. The SMILES string of the molecule is CCOC(=O)c1cc(C(O)C(O)CCN)ccc1N. The molecule has 0 saturated carbocycles. The summed E-state index contributed by atoms with van der Waals surface area (Å²) in [6.45, 7) is 2.19. The second-order valence-corrected chi connectivity index (χ2v) is 4.16. The molecule has 19 heavy (non-hydrogen) atoms. The molecule has 6 N–H and O–H groups in total. The van der Waals surface area contributed by atoms with Gasteiger partial charge in [0.05, 0.1) is 18.3 Å². The summed E-state index contributed by atoms with van der Waals surface area (Å²) in [6.07, 6.45) is -1.83. The van der Waals surface area contributed by atoms with Gasteiger partial charge in [0.2, 0.25) is 0 Å². The number of ether oxygens (including phenoxy) is 1. The summed E-state index contributed by atoms with van der Waals surface area (Å²) in [5, 5.41) is 19.6. The van der Waals surface area contributed by atoms with Crippen LogP contribution in [0.4, 0.5) is 5.69 Å². The first-order valence-corrected chi connectivity index (χ1v) is 6.14. The number of carbonyl (C=O) groups excluding carboxylic acids is 1. The summed E-state index contributed by atoms with van der Waals surface area (Å²) in [6, 6.07) is 4.49. The minimum Gasteiger partial charge on any atom is -0.462 e. The highest BCUT2D eigenvalue weighted by molar-refractivity contribution is 5.95. The minimum atomic E-state index is -1.11. The Morgan fingerprint density at radius 3 is 2.68 bits per heavy atom. The van der Waals surface area contributed by atoms with Crippen LogP contribution in [0.5, 0.6) is 0 Å². The fraction of sp³-hybridized carbons (Fsp3) is 0.462. The van der Waals surface area contributed by atoms with E-state index in [1.165, 1.54) is 12.1 Å². The first-order valence-electron chi connectivity index (χ1n) is 6.14. The Kier molecular flexibility index (Phi) is 5.75. The predicted octanol–water partition coefficient (Wildman–Crippen LogP) is 0.189. The molecule has 6 nitrogen and oxygen atoms in total. The minimum absolute atomic E-state index is 0.179. The van der Waals surface area contributed by atoms with Crippen molar-refractivity contribution in [3.8, 4) is 0 Å². The van der Waals surface area contributed by atoms with Crippen LogP contribution in [0.3, 0.4) is 0 Å². The normalized spacial score (nSPS) is 13.9. The molecule has 1 aromatic rings. The molecule has 0 bridgehead atoms. The summed E-state index contributed by atoms with van der Waals surface area (Å²) < 4.78 is 4.87. The maximum absolute atomic E-state index is 11.7. The Hall–Kier alpha value is -1.63. The van der Waals surface area contributed by atoms with Crippen molar-refractivity contribution in [1.82, 2.24) is 0 Å². The Bertz CT molecular complexity index is 437. The van der Waals surface area contributed by atoms with E-state index in [1.807, 2.05) is 0 Å². The van der Waals surface area contributed by atoms with Crippen molar-refractivity contribution in [2.24, 2.45) is 5.73 Å². The Morgan fingerprint density at radius 1 is 1.42 bits per heavy atom. The number of aliphatic hydroxyl groups is 2. The molecule has 106 valence electrons. The van der Waals surface area contributed by atoms with E-state index in [2.05, 4.69) is 0 Å². The van der Waals surface area contributed by atoms with Crippen LogP contribution in [-0.4, -0.2) is 35.4 Å². The zero-order chi connectivity index (χ0) is 14.4. The number of benzene rings is 1. The molecule has 0 fully saturated rings. The highest BCUT2D eigenvalue weighted by atomic mass is 16.5. The smallest absolute Gasteiger partial charge is 0.340 e. The highest BCUT2D eigenvalue weighted by Gasteiger charge is 2.20. The average Bonchev–Trinajstić information content (AvgIpc) is 2.39. The van der Waals surface area contributed by atoms with Crippen LogP contribution < -0.4 is 11.5 Å². The summed E-state index contributed by atoms with van der Waals surface area (Å²) in [4.78, 5) is 11.7. The molecule has 0 aromatic heterocycles. The first kappa shape index (κ1) is 15.4. The quantitative estimate of drug-likeness (QED) is 0.432. The lowest BCUT2D eigenvalue weighted by molar-refractivity contribution is 0.0149. The fourth-order valence-electron chi connectivity index (χ4n) is 1.69. The van der Waals surface area contributed by atoms with Crippen LogP contribution in [0.15, 0.2) is 18.2 Å². The molecule has 0 aliphatic heterocycles. The molecule has 2 unspecified atom stereocenters. The molecule has 0 heterocycles. The van der Waals surface area contributed by atoms with Crippen molar-refractivity contribution >= 4 is 11.7 Å². The molecule has 0 radical (unpaired) electrons. The van der Waals surface area contributed by atoms with Crippen molar-refractivity contribution in [3.05, 3.63) is 29.3 Å². The van der Waals surface area contributed by atoms with E-state index >= 15 is 0 Å². The molecule has 2 atom stereocenters. The van der Waals surface area contributed by atoms with Crippen LogP contribution >= 0.6 is 0 Å². The average molecular weight is 268 g/mol. The van der Waals surface area contributed by atoms with Gasteiger partial charge in [-0.1, -0.05) is 6.07 Å². The largest absolute Gasteiger partial charge is 0.462 e. The zero-order valence-corrected chi connectivity index (χ0v) is 10.9.